The van der Waals surface area contributed by atoms with Crippen LogP contribution in [0.5, 0.6) is 11.5 Å². The minimum Gasteiger partial charge on any atom is -0.497 e. The second-order valence-corrected chi connectivity index (χ2v) is 8.00. The van der Waals surface area contributed by atoms with Gasteiger partial charge in [-0.2, -0.15) is 0 Å². The lowest BCUT2D eigenvalue weighted by Gasteiger charge is -2.12. The zero-order valence-corrected chi connectivity index (χ0v) is 17.0. The van der Waals surface area contributed by atoms with Gasteiger partial charge in [0.25, 0.3) is 0 Å². The van der Waals surface area contributed by atoms with Crippen molar-refractivity contribution in [3.8, 4) is 22.8 Å². The normalized spacial score (nSPS) is 11.4. The molecule has 0 radical (unpaired) electrons. The van der Waals surface area contributed by atoms with E-state index in [2.05, 4.69) is 9.88 Å². The van der Waals surface area contributed by atoms with Gasteiger partial charge in [-0.15, -0.1) is 0 Å². The molecule has 0 aliphatic heterocycles. The number of nitrogens with zero attached hydrogens (tertiary/aromatic N) is 1. The topological polar surface area (TPSA) is 90.7 Å². The molecule has 0 spiro atoms. The van der Waals surface area contributed by atoms with Gasteiger partial charge in [-0.3, -0.25) is 0 Å². The van der Waals surface area contributed by atoms with Crippen LogP contribution < -0.4 is 14.2 Å². The van der Waals surface area contributed by atoms with Crippen LogP contribution in [0.2, 0.25) is 0 Å². The highest BCUT2D eigenvalue weighted by atomic mass is 32.2. The molecule has 0 aliphatic rings. The lowest BCUT2D eigenvalue weighted by molar-refractivity contribution is 0.402. The van der Waals surface area contributed by atoms with Gasteiger partial charge < -0.3 is 14.0 Å². The maximum atomic E-state index is 12.9. The van der Waals surface area contributed by atoms with Crippen molar-refractivity contribution in [2.45, 2.75) is 25.3 Å². The Bertz CT molecular complexity index is 1090. The summed E-state index contributed by atoms with van der Waals surface area (Å²) in [6.07, 6.45) is 0. The van der Waals surface area contributed by atoms with Crippen molar-refractivity contribution in [2.24, 2.45) is 0 Å². The largest absolute Gasteiger partial charge is 0.497 e. The summed E-state index contributed by atoms with van der Waals surface area (Å²) in [6, 6.07) is 12.1. The first-order chi connectivity index (χ1) is 13.4. The van der Waals surface area contributed by atoms with Crippen molar-refractivity contribution in [1.29, 1.82) is 0 Å². The average Bonchev–Trinajstić information content (AvgIpc) is 3.04. The first kappa shape index (κ1) is 19.9. The summed E-state index contributed by atoms with van der Waals surface area (Å²) in [6.45, 7) is 3.83. The van der Waals surface area contributed by atoms with Crippen LogP contribution in [0.3, 0.4) is 0 Å². The standard InChI is InChI=1S/C20H22N2O5S/c1-13-14(2)22-27-20(13)16-8-9-18(26-4)19(11-16)28(23,24)21-12-15-6-5-7-17(10-15)25-3/h5-11,21H,12H2,1-4H3. The van der Waals surface area contributed by atoms with Gasteiger partial charge in [-0.1, -0.05) is 17.3 Å². The molecule has 0 aliphatic carbocycles. The van der Waals surface area contributed by atoms with Crippen LogP contribution >= 0.6 is 0 Å². The third kappa shape index (κ3) is 4.02. The SMILES string of the molecule is COc1cccc(CNS(=O)(=O)c2cc(-c3onc(C)c3C)ccc2OC)c1. The first-order valence-corrected chi connectivity index (χ1v) is 10.1. The van der Waals surface area contributed by atoms with Gasteiger partial charge in [0.2, 0.25) is 10.0 Å². The summed E-state index contributed by atoms with van der Waals surface area (Å²) in [5, 5.41) is 3.94. The molecule has 2 aromatic carbocycles. The fourth-order valence-electron chi connectivity index (χ4n) is 2.75. The van der Waals surface area contributed by atoms with Crippen LogP contribution in [0.1, 0.15) is 16.8 Å². The molecule has 3 rings (SSSR count). The number of aromatic nitrogens is 1. The third-order valence-electron chi connectivity index (χ3n) is 4.47. The zero-order chi connectivity index (χ0) is 20.3. The van der Waals surface area contributed by atoms with Crippen LogP contribution in [0.4, 0.5) is 0 Å². The van der Waals surface area contributed by atoms with Gasteiger partial charge in [0.05, 0.1) is 19.9 Å². The fraction of sp³-hybridized carbons (Fsp3) is 0.250. The van der Waals surface area contributed by atoms with Gasteiger partial charge in [-0.25, -0.2) is 13.1 Å². The number of benzene rings is 2. The molecule has 1 heterocycles. The second kappa shape index (κ2) is 8.04. The minimum atomic E-state index is -3.84. The molecule has 28 heavy (non-hydrogen) atoms. The summed E-state index contributed by atoms with van der Waals surface area (Å²) in [5.74, 6) is 1.44. The van der Waals surface area contributed by atoms with Gasteiger partial charge in [0, 0.05) is 17.7 Å². The van der Waals surface area contributed by atoms with E-state index in [0.29, 0.717) is 17.1 Å². The van der Waals surface area contributed by atoms with Crippen LogP contribution in [0.15, 0.2) is 51.9 Å². The molecule has 1 N–H and O–H groups in total. The Morgan fingerprint density at radius 2 is 1.86 bits per heavy atom. The minimum absolute atomic E-state index is 0.0313. The Morgan fingerprint density at radius 3 is 2.50 bits per heavy atom. The van der Waals surface area contributed by atoms with Crippen molar-refractivity contribution in [2.75, 3.05) is 14.2 Å². The Morgan fingerprint density at radius 1 is 1.07 bits per heavy atom. The monoisotopic (exact) mass is 402 g/mol. The van der Waals surface area contributed by atoms with E-state index in [4.69, 9.17) is 14.0 Å². The smallest absolute Gasteiger partial charge is 0.244 e. The summed E-state index contributed by atoms with van der Waals surface area (Å²) in [7, 11) is -0.842. The number of hydrogen-bond donors (Lipinski definition) is 1. The van der Waals surface area contributed by atoms with Crippen molar-refractivity contribution >= 4 is 10.0 Å². The number of ether oxygens (including phenoxy) is 2. The summed E-state index contributed by atoms with van der Waals surface area (Å²) >= 11 is 0. The van der Waals surface area contributed by atoms with Gasteiger partial charge >= 0.3 is 0 Å². The van der Waals surface area contributed by atoms with Gasteiger partial charge in [-0.05, 0) is 49.7 Å². The van der Waals surface area contributed by atoms with Gasteiger partial charge in [0.15, 0.2) is 5.76 Å². The number of sulfonamides is 1. The van der Waals surface area contributed by atoms with Crippen LogP contribution in [-0.4, -0.2) is 27.8 Å². The molecule has 0 saturated carbocycles. The maximum absolute atomic E-state index is 12.9. The molecule has 0 atom stereocenters. The van der Waals surface area contributed by atoms with E-state index in [1.54, 1.807) is 37.4 Å². The summed E-state index contributed by atoms with van der Waals surface area (Å²) < 4.78 is 44.3. The quantitative estimate of drug-likeness (QED) is 0.651. The molecule has 3 aromatic rings. The molecular formula is C20H22N2O5S. The zero-order valence-electron chi connectivity index (χ0n) is 16.1. The average molecular weight is 402 g/mol. The van der Waals surface area contributed by atoms with E-state index in [-0.39, 0.29) is 17.2 Å². The van der Waals surface area contributed by atoms with Crippen LogP contribution in [0, 0.1) is 13.8 Å². The van der Waals surface area contributed by atoms with E-state index in [9.17, 15) is 8.42 Å². The number of nitrogens with one attached hydrogen (secondary N) is 1. The number of aryl methyl sites for hydroxylation is 1. The molecular weight excluding hydrogens is 380 g/mol. The molecule has 8 heteroatoms. The third-order valence-corrected chi connectivity index (χ3v) is 5.90. The number of hydrogen-bond acceptors (Lipinski definition) is 6. The van der Waals surface area contributed by atoms with Crippen molar-refractivity contribution in [3.05, 3.63) is 59.3 Å². The van der Waals surface area contributed by atoms with E-state index < -0.39 is 10.0 Å². The Balaban J connectivity index is 1.93. The van der Waals surface area contributed by atoms with E-state index in [1.165, 1.54) is 13.2 Å². The molecule has 0 saturated heterocycles. The maximum Gasteiger partial charge on any atom is 0.244 e. The molecule has 1 aromatic heterocycles. The highest BCUT2D eigenvalue weighted by Crippen LogP contribution is 2.32. The Hall–Kier alpha value is -2.84. The molecule has 0 amide bonds. The van der Waals surface area contributed by atoms with Crippen LogP contribution in [-0.2, 0) is 16.6 Å². The summed E-state index contributed by atoms with van der Waals surface area (Å²) in [5.41, 5.74) is 3.00. The molecule has 0 bridgehead atoms. The molecule has 7 nitrogen and oxygen atoms in total. The van der Waals surface area contributed by atoms with E-state index in [0.717, 1.165) is 16.8 Å². The molecule has 148 valence electrons. The van der Waals surface area contributed by atoms with E-state index in [1.807, 2.05) is 19.9 Å². The highest BCUT2D eigenvalue weighted by Gasteiger charge is 2.22. The molecule has 0 unspecified atom stereocenters. The number of rotatable bonds is 7. The predicted molar refractivity (Wildman–Crippen MR) is 105 cm³/mol. The van der Waals surface area contributed by atoms with Crippen molar-refractivity contribution < 1.29 is 22.4 Å². The predicted octanol–water partition coefficient (Wildman–Crippen LogP) is 3.45. The summed E-state index contributed by atoms with van der Waals surface area (Å²) in [4.78, 5) is 0.0313. The lowest BCUT2D eigenvalue weighted by Crippen LogP contribution is -2.23. The van der Waals surface area contributed by atoms with Gasteiger partial charge in [0.1, 0.15) is 16.4 Å². The lowest BCUT2D eigenvalue weighted by atomic mass is 10.1. The van der Waals surface area contributed by atoms with Crippen molar-refractivity contribution in [1.82, 2.24) is 9.88 Å². The van der Waals surface area contributed by atoms with Crippen LogP contribution in [0.25, 0.3) is 11.3 Å². The molecule has 0 fully saturated rings. The van der Waals surface area contributed by atoms with Crippen molar-refractivity contribution in [3.63, 3.8) is 0 Å². The highest BCUT2D eigenvalue weighted by molar-refractivity contribution is 7.89. The fourth-order valence-corrected chi connectivity index (χ4v) is 3.96. The Labute approximate surface area is 164 Å². The second-order valence-electron chi connectivity index (χ2n) is 6.26. The Kier molecular flexibility index (Phi) is 5.71. The first-order valence-electron chi connectivity index (χ1n) is 8.59. The van der Waals surface area contributed by atoms with E-state index >= 15 is 0 Å². The number of methoxy groups -OCH3 is 2.